The Hall–Kier alpha value is -3.83. The second-order valence-electron chi connectivity index (χ2n) is 7.83. The van der Waals surface area contributed by atoms with Gasteiger partial charge in [0.15, 0.2) is 12.3 Å². The highest BCUT2D eigenvalue weighted by molar-refractivity contribution is 5.94. The fourth-order valence-corrected chi connectivity index (χ4v) is 4.29. The van der Waals surface area contributed by atoms with Crippen LogP contribution in [-0.4, -0.2) is 72.0 Å². The number of carbonyl (C=O) groups excluding carboxylic acids is 3. The van der Waals surface area contributed by atoms with E-state index in [4.69, 9.17) is 15.0 Å². The minimum atomic E-state index is -0.905. The molecule has 0 radical (unpaired) electrons. The molecule has 3 aliphatic rings. The Bertz CT molecular complexity index is 997. The van der Waals surface area contributed by atoms with Crippen molar-refractivity contribution in [1.82, 2.24) is 20.9 Å². The molecule has 13 nitrogen and oxygen atoms in total. The molecule has 0 spiro atoms. The first-order chi connectivity index (χ1) is 15.9. The van der Waals surface area contributed by atoms with Crippen LogP contribution in [0.2, 0.25) is 0 Å². The minimum absolute atomic E-state index is 0.362. The van der Waals surface area contributed by atoms with Gasteiger partial charge in [-0.2, -0.15) is 0 Å². The lowest BCUT2D eigenvalue weighted by Crippen LogP contribution is -2.70. The van der Waals surface area contributed by atoms with Crippen LogP contribution < -0.4 is 16.0 Å². The summed E-state index contributed by atoms with van der Waals surface area (Å²) in [5.74, 6) is -0.918. The molecule has 13 heteroatoms. The summed E-state index contributed by atoms with van der Waals surface area (Å²) in [5.41, 5.74) is 9.44. The highest BCUT2D eigenvalue weighted by atomic mass is 16.6. The number of aliphatic imine (C=N–C) groups is 1. The predicted octanol–water partition coefficient (Wildman–Crippen LogP) is 0.839. The molecule has 0 saturated carbocycles. The number of carbonyl (C=O) groups is 3. The van der Waals surface area contributed by atoms with Crippen molar-refractivity contribution in [2.24, 2.45) is 10.1 Å². The highest BCUT2D eigenvalue weighted by Crippen LogP contribution is 2.33. The third kappa shape index (κ3) is 4.41. The maximum atomic E-state index is 12.6. The molecule has 0 aliphatic carbocycles. The lowest BCUT2D eigenvalue weighted by atomic mass is 10.0. The lowest BCUT2D eigenvalue weighted by Gasteiger charge is -2.40. The Morgan fingerprint density at radius 2 is 2.09 bits per heavy atom. The van der Waals surface area contributed by atoms with Gasteiger partial charge >= 0.3 is 12.0 Å². The molecule has 2 fully saturated rings. The van der Waals surface area contributed by atoms with Crippen molar-refractivity contribution in [3.8, 4) is 0 Å². The van der Waals surface area contributed by atoms with E-state index in [1.54, 1.807) is 35.2 Å². The van der Waals surface area contributed by atoms with E-state index in [0.29, 0.717) is 12.0 Å². The molecule has 33 heavy (non-hydrogen) atoms. The van der Waals surface area contributed by atoms with Gasteiger partial charge in [-0.15, -0.1) is 0 Å². The zero-order valence-electron chi connectivity index (χ0n) is 18.0. The number of benzene rings is 1. The quantitative estimate of drug-likeness (QED) is 0.248. The number of esters is 1. The number of hydrogen-bond donors (Lipinski definition) is 3. The molecule has 0 aromatic heterocycles. The van der Waals surface area contributed by atoms with E-state index in [1.807, 2.05) is 6.92 Å². The number of ether oxygens (including phenoxy) is 2. The highest BCUT2D eigenvalue weighted by Gasteiger charge is 2.53. The lowest BCUT2D eigenvalue weighted by molar-refractivity contribution is -0.155. The van der Waals surface area contributed by atoms with Gasteiger partial charge in [-0.25, -0.2) is 4.79 Å². The number of amides is 3. The van der Waals surface area contributed by atoms with Crippen LogP contribution in [0.15, 0.2) is 40.4 Å². The SMILES string of the molecule is CC[C@H]1O[C@@H](N2C=NC3C(NC(=O)c4ccccc4)NC(=O)NC32)C(OC(C)=O)[C@H]1N=[N+]=[N-]. The van der Waals surface area contributed by atoms with Crippen LogP contribution in [0, 0.1) is 0 Å². The third-order valence-electron chi connectivity index (χ3n) is 5.74. The van der Waals surface area contributed by atoms with Crippen molar-refractivity contribution in [3.63, 3.8) is 0 Å². The van der Waals surface area contributed by atoms with E-state index >= 15 is 0 Å². The van der Waals surface area contributed by atoms with Crippen molar-refractivity contribution in [2.45, 2.75) is 63.1 Å². The van der Waals surface area contributed by atoms with Gasteiger partial charge < -0.3 is 30.3 Å². The summed E-state index contributed by atoms with van der Waals surface area (Å²) in [5, 5.41) is 12.0. The van der Waals surface area contributed by atoms with Crippen LogP contribution in [0.25, 0.3) is 10.4 Å². The summed E-state index contributed by atoms with van der Waals surface area (Å²) < 4.78 is 11.5. The smallest absolute Gasteiger partial charge is 0.318 e. The van der Waals surface area contributed by atoms with Gasteiger partial charge in [0.25, 0.3) is 5.91 Å². The van der Waals surface area contributed by atoms with Crippen LogP contribution in [0.5, 0.6) is 0 Å². The number of rotatable bonds is 6. The molecule has 1 aromatic carbocycles. The predicted molar refractivity (Wildman–Crippen MR) is 115 cm³/mol. The standard InChI is InChI=1S/C20H24N8O5/c1-3-12-13(26-27-21)15(32-10(2)29)19(33-12)28-9-22-14-16(24-20(31)25-17(14)28)23-18(30)11-7-5-4-6-8-11/h4-9,12-17,19H,3H2,1-2H3,(H,23,30)(H2,24,25,31)/t12-,13+,14?,15?,16?,17?,19-/m1/s1. The minimum Gasteiger partial charge on any atom is -0.457 e. The van der Waals surface area contributed by atoms with Crippen LogP contribution in [0.1, 0.15) is 30.6 Å². The van der Waals surface area contributed by atoms with Crippen LogP contribution in [0.3, 0.4) is 0 Å². The molecule has 174 valence electrons. The van der Waals surface area contributed by atoms with Crippen LogP contribution in [-0.2, 0) is 14.3 Å². The summed E-state index contributed by atoms with van der Waals surface area (Å²) in [6, 6.07) is 6.77. The van der Waals surface area contributed by atoms with Crippen molar-refractivity contribution >= 4 is 24.2 Å². The summed E-state index contributed by atoms with van der Waals surface area (Å²) in [7, 11) is 0. The van der Waals surface area contributed by atoms with Crippen molar-refractivity contribution in [1.29, 1.82) is 0 Å². The topological polar surface area (TPSA) is 170 Å². The van der Waals surface area contributed by atoms with E-state index in [-0.39, 0.29) is 5.91 Å². The van der Waals surface area contributed by atoms with Gasteiger partial charge in [0, 0.05) is 17.4 Å². The molecule has 3 heterocycles. The Balaban J connectivity index is 1.56. The monoisotopic (exact) mass is 456 g/mol. The Morgan fingerprint density at radius 1 is 1.33 bits per heavy atom. The molecule has 3 N–H and O–H groups in total. The normalized spacial score (nSPS) is 32.2. The number of nitrogens with zero attached hydrogens (tertiary/aromatic N) is 5. The first kappa shape index (κ1) is 22.4. The van der Waals surface area contributed by atoms with E-state index in [1.165, 1.54) is 13.3 Å². The van der Waals surface area contributed by atoms with Gasteiger partial charge in [0.1, 0.15) is 24.4 Å². The van der Waals surface area contributed by atoms with Crippen LogP contribution >= 0.6 is 0 Å². The van der Waals surface area contributed by atoms with E-state index in [9.17, 15) is 14.4 Å². The maximum absolute atomic E-state index is 12.6. The van der Waals surface area contributed by atoms with Crippen LogP contribution in [0.4, 0.5) is 4.79 Å². The summed E-state index contributed by atoms with van der Waals surface area (Å²) in [4.78, 5) is 45.7. The average Bonchev–Trinajstić information content (AvgIpc) is 3.35. The molecule has 4 rings (SSSR count). The number of fused-ring (bicyclic) bond motifs is 1. The molecule has 4 unspecified atom stereocenters. The van der Waals surface area contributed by atoms with E-state index in [2.05, 4.69) is 31.0 Å². The number of azide groups is 1. The average molecular weight is 456 g/mol. The number of nitrogens with one attached hydrogen (secondary N) is 3. The second-order valence-corrected chi connectivity index (χ2v) is 7.83. The van der Waals surface area contributed by atoms with E-state index < -0.39 is 54.9 Å². The second kappa shape index (κ2) is 9.35. The summed E-state index contributed by atoms with van der Waals surface area (Å²) in [6.45, 7) is 3.12. The zero-order valence-corrected chi connectivity index (χ0v) is 18.0. The van der Waals surface area contributed by atoms with E-state index in [0.717, 1.165) is 0 Å². The molecule has 1 aromatic rings. The fourth-order valence-electron chi connectivity index (χ4n) is 4.29. The molecule has 3 aliphatic heterocycles. The number of hydrogen-bond acceptors (Lipinski definition) is 8. The van der Waals surface area contributed by atoms with Gasteiger partial charge in [0.05, 0.1) is 12.4 Å². The first-order valence-electron chi connectivity index (χ1n) is 10.5. The van der Waals surface area contributed by atoms with Crippen molar-refractivity contribution < 1.29 is 23.9 Å². The summed E-state index contributed by atoms with van der Waals surface area (Å²) in [6.07, 6.45) is -1.73. The zero-order chi connectivity index (χ0) is 23.5. The molecular formula is C20H24N8O5. The largest absolute Gasteiger partial charge is 0.457 e. The Labute approximate surface area is 189 Å². The molecular weight excluding hydrogens is 432 g/mol. The van der Waals surface area contributed by atoms with Gasteiger partial charge in [-0.1, -0.05) is 30.2 Å². The summed E-state index contributed by atoms with van der Waals surface area (Å²) >= 11 is 0. The fraction of sp³-hybridized carbons (Fsp3) is 0.500. The Morgan fingerprint density at radius 3 is 2.76 bits per heavy atom. The molecule has 7 atom stereocenters. The third-order valence-corrected chi connectivity index (χ3v) is 5.74. The molecule has 2 saturated heterocycles. The van der Waals surface area contributed by atoms with Crippen molar-refractivity contribution in [2.75, 3.05) is 0 Å². The maximum Gasteiger partial charge on any atom is 0.318 e. The number of urea groups is 1. The molecule has 3 amide bonds. The van der Waals surface area contributed by atoms with Gasteiger partial charge in [-0.3, -0.25) is 14.6 Å². The molecule has 0 bridgehead atoms. The van der Waals surface area contributed by atoms with Gasteiger partial charge in [0.2, 0.25) is 0 Å². The van der Waals surface area contributed by atoms with Gasteiger partial charge in [-0.05, 0) is 24.1 Å². The first-order valence-corrected chi connectivity index (χ1v) is 10.5. The van der Waals surface area contributed by atoms with Crippen molar-refractivity contribution in [3.05, 3.63) is 46.3 Å². The Kier molecular flexibility index (Phi) is 6.33.